The molecule has 0 spiro atoms. The van der Waals surface area contributed by atoms with Gasteiger partial charge in [-0.2, -0.15) is 0 Å². The molecule has 2 bridgehead atoms. The third kappa shape index (κ3) is 1.61. The lowest BCUT2D eigenvalue weighted by atomic mass is 9.92. The van der Waals surface area contributed by atoms with Gasteiger partial charge in [0.25, 0.3) is 0 Å². The Morgan fingerprint density at radius 2 is 1.92 bits per heavy atom. The lowest BCUT2D eigenvalue weighted by Crippen LogP contribution is -2.59. The van der Waals surface area contributed by atoms with Crippen LogP contribution in [0, 0.1) is 0 Å². The van der Waals surface area contributed by atoms with E-state index in [1.807, 2.05) is 0 Å². The van der Waals surface area contributed by atoms with E-state index in [2.05, 4.69) is 10.2 Å². The molecular formula is C9H17ClN2. The van der Waals surface area contributed by atoms with E-state index in [9.17, 15) is 0 Å². The van der Waals surface area contributed by atoms with E-state index in [0.29, 0.717) is 0 Å². The van der Waals surface area contributed by atoms with Crippen LogP contribution in [-0.2, 0) is 0 Å². The number of fused-ring (bicyclic) bond motifs is 2. The summed E-state index contributed by atoms with van der Waals surface area (Å²) in [6, 6.07) is 1.55. The lowest BCUT2D eigenvalue weighted by molar-refractivity contribution is 0.0596. The Balaban J connectivity index is 1.98. The summed E-state index contributed by atoms with van der Waals surface area (Å²) in [6.45, 7) is 3.43. The van der Waals surface area contributed by atoms with Gasteiger partial charge < -0.3 is 5.32 Å². The Morgan fingerprint density at radius 1 is 1.25 bits per heavy atom. The second-order valence-electron chi connectivity index (χ2n) is 3.82. The summed E-state index contributed by atoms with van der Waals surface area (Å²) in [5, 5.41) is 3.49. The summed E-state index contributed by atoms with van der Waals surface area (Å²) in [5.41, 5.74) is 0. The van der Waals surface area contributed by atoms with Crippen LogP contribution >= 0.6 is 11.6 Å². The van der Waals surface area contributed by atoms with Crippen LogP contribution in [0.4, 0.5) is 0 Å². The first-order valence-corrected chi connectivity index (χ1v) is 5.47. The zero-order chi connectivity index (χ0) is 8.39. The molecule has 0 amide bonds. The molecule has 0 radical (unpaired) electrons. The average molecular weight is 189 g/mol. The van der Waals surface area contributed by atoms with E-state index in [4.69, 9.17) is 11.6 Å². The number of nitrogens with one attached hydrogen (secondary N) is 1. The van der Waals surface area contributed by atoms with Gasteiger partial charge in [0.15, 0.2) is 0 Å². The standard InChI is InChI=1S/C9H17ClN2/c10-4-5-12-8-2-1-3-9(12)7-11-6-8/h8-9,11H,1-7H2. The highest BCUT2D eigenvalue weighted by atomic mass is 35.5. The summed E-state index contributed by atoms with van der Waals surface area (Å²) in [7, 11) is 0. The van der Waals surface area contributed by atoms with Gasteiger partial charge in [-0.15, -0.1) is 11.6 Å². The van der Waals surface area contributed by atoms with Crippen molar-refractivity contribution in [3.63, 3.8) is 0 Å². The van der Waals surface area contributed by atoms with Gasteiger partial charge in [0, 0.05) is 37.6 Å². The molecule has 3 heteroatoms. The number of hydrogen-bond donors (Lipinski definition) is 1. The quantitative estimate of drug-likeness (QED) is 0.652. The third-order valence-corrected chi connectivity index (χ3v) is 3.28. The van der Waals surface area contributed by atoms with Gasteiger partial charge in [-0.25, -0.2) is 0 Å². The summed E-state index contributed by atoms with van der Waals surface area (Å²) in [4.78, 5) is 2.60. The molecule has 0 aromatic carbocycles. The van der Waals surface area contributed by atoms with Crippen LogP contribution in [0.15, 0.2) is 0 Å². The van der Waals surface area contributed by atoms with Gasteiger partial charge in [-0.1, -0.05) is 6.42 Å². The summed E-state index contributed by atoms with van der Waals surface area (Å²) in [6.07, 6.45) is 4.14. The number of piperidine rings is 1. The molecule has 12 heavy (non-hydrogen) atoms. The SMILES string of the molecule is ClCCN1C2CCCC1CNC2. The highest BCUT2D eigenvalue weighted by Crippen LogP contribution is 2.24. The molecule has 2 nitrogen and oxygen atoms in total. The number of nitrogens with zero attached hydrogens (tertiary/aromatic N) is 1. The monoisotopic (exact) mass is 188 g/mol. The Labute approximate surface area is 79.3 Å². The van der Waals surface area contributed by atoms with Crippen LogP contribution in [0.25, 0.3) is 0 Å². The largest absolute Gasteiger partial charge is 0.314 e. The topological polar surface area (TPSA) is 15.3 Å². The fourth-order valence-corrected chi connectivity index (χ4v) is 2.73. The van der Waals surface area contributed by atoms with Gasteiger partial charge in [-0.05, 0) is 12.8 Å². The van der Waals surface area contributed by atoms with E-state index in [1.165, 1.54) is 32.4 Å². The third-order valence-electron chi connectivity index (χ3n) is 3.12. The van der Waals surface area contributed by atoms with Crippen LogP contribution in [0.1, 0.15) is 19.3 Å². The van der Waals surface area contributed by atoms with E-state index < -0.39 is 0 Å². The maximum absolute atomic E-state index is 5.78. The Morgan fingerprint density at radius 3 is 2.50 bits per heavy atom. The molecule has 2 aliphatic heterocycles. The average Bonchev–Trinajstić information content (AvgIpc) is 2.04. The molecule has 0 aliphatic carbocycles. The second-order valence-corrected chi connectivity index (χ2v) is 4.20. The molecule has 70 valence electrons. The van der Waals surface area contributed by atoms with Gasteiger partial charge in [0.2, 0.25) is 0 Å². The van der Waals surface area contributed by atoms with Crippen LogP contribution in [0.5, 0.6) is 0 Å². The molecule has 0 aromatic rings. The van der Waals surface area contributed by atoms with Crippen molar-refractivity contribution in [3.05, 3.63) is 0 Å². The lowest BCUT2D eigenvalue weighted by Gasteiger charge is -2.46. The fraction of sp³-hybridized carbons (Fsp3) is 1.00. The van der Waals surface area contributed by atoms with Gasteiger partial charge in [-0.3, -0.25) is 4.90 Å². The molecule has 2 unspecified atom stereocenters. The maximum atomic E-state index is 5.78. The fourth-order valence-electron chi connectivity index (χ4n) is 2.54. The van der Waals surface area contributed by atoms with Crippen molar-refractivity contribution in [2.45, 2.75) is 31.3 Å². The first-order valence-electron chi connectivity index (χ1n) is 4.94. The van der Waals surface area contributed by atoms with Gasteiger partial charge in [0.05, 0.1) is 0 Å². The molecular weight excluding hydrogens is 172 g/mol. The smallest absolute Gasteiger partial charge is 0.0351 e. The number of alkyl halides is 1. The van der Waals surface area contributed by atoms with Crippen LogP contribution < -0.4 is 5.32 Å². The number of piperazine rings is 1. The second kappa shape index (κ2) is 3.95. The number of hydrogen-bond acceptors (Lipinski definition) is 2. The van der Waals surface area contributed by atoms with Crippen molar-refractivity contribution in [1.82, 2.24) is 10.2 Å². The highest BCUT2D eigenvalue weighted by Gasteiger charge is 2.32. The van der Waals surface area contributed by atoms with E-state index in [-0.39, 0.29) is 0 Å². The van der Waals surface area contributed by atoms with Crippen molar-refractivity contribution < 1.29 is 0 Å². The Hall–Kier alpha value is 0.210. The Kier molecular flexibility index (Phi) is 2.89. The predicted octanol–water partition coefficient (Wildman–Crippen LogP) is 1.05. The minimum absolute atomic E-state index is 0.774. The number of halogens is 1. The van der Waals surface area contributed by atoms with Gasteiger partial charge in [0.1, 0.15) is 0 Å². The molecule has 2 saturated heterocycles. The molecule has 2 aliphatic rings. The van der Waals surface area contributed by atoms with E-state index in [0.717, 1.165) is 24.5 Å². The minimum Gasteiger partial charge on any atom is -0.314 e. The molecule has 0 aromatic heterocycles. The molecule has 2 heterocycles. The molecule has 0 saturated carbocycles. The predicted molar refractivity (Wildman–Crippen MR) is 51.7 cm³/mol. The molecule has 2 rings (SSSR count). The maximum Gasteiger partial charge on any atom is 0.0351 e. The normalized spacial score (nSPS) is 36.8. The summed E-state index contributed by atoms with van der Waals surface area (Å²) >= 11 is 5.78. The van der Waals surface area contributed by atoms with Crippen molar-refractivity contribution in [3.8, 4) is 0 Å². The first kappa shape index (κ1) is 8.79. The van der Waals surface area contributed by atoms with Crippen LogP contribution in [0.3, 0.4) is 0 Å². The molecule has 2 atom stereocenters. The summed E-state index contributed by atoms with van der Waals surface area (Å²) < 4.78 is 0. The molecule has 1 N–H and O–H groups in total. The molecule has 2 fully saturated rings. The zero-order valence-corrected chi connectivity index (χ0v) is 8.19. The van der Waals surface area contributed by atoms with Gasteiger partial charge >= 0.3 is 0 Å². The first-order chi connectivity index (χ1) is 5.92. The van der Waals surface area contributed by atoms with E-state index >= 15 is 0 Å². The minimum atomic E-state index is 0.774. The summed E-state index contributed by atoms with van der Waals surface area (Å²) in [5.74, 6) is 0.785. The van der Waals surface area contributed by atoms with Crippen molar-refractivity contribution in [2.75, 3.05) is 25.5 Å². The van der Waals surface area contributed by atoms with Crippen molar-refractivity contribution in [2.24, 2.45) is 0 Å². The Bertz CT molecular complexity index is 129. The van der Waals surface area contributed by atoms with Crippen LogP contribution in [0.2, 0.25) is 0 Å². The van der Waals surface area contributed by atoms with Crippen molar-refractivity contribution >= 4 is 11.6 Å². The van der Waals surface area contributed by atoms with Crippen LogP contribution in [-0.4, -0.2) is 42.5 Å². The highest BCUT2D eigenvalue weighted by molar-refractivity contribution is 6.18. The zero-order valence-electron chi connectivity index (χ0n) is 7.43. The number of rotatable bonds is 2. The van der Waals surface area contributed by atoms with E-state index in [1.54, 1.807) is 0 Å². The van der Waals surface area contributed by atoms with Crippen molar-refractivity contribution in [1.29, 1.82) is 0 Å².